The fraction of sp³-hybridized carbons (Fsp3) is 0.0769. The normalized spacial score (nSPS) is 10.3. The number of pyridine rings is 2. The number of nitrogens with zero attached hydrogens (tertiary/aromatic N) is 4. The van der Waals surface area contributed by atoms with Crippen LogP contribution < -0.4 is 57.1 Å². The Morgan fingerprint density at radius 2 is 1.10 bits per heavy atom. The molecule has 0 aromatic carbocycles. The quantitative estimate of drug-likeness (QED) is 0.141. The van der Waals surface area contributed by atoms with Crippen molar-refractivity contribution < 1.29 is 67.5 Å². The van der Waals surface area contributed by atoms with Crippen LogP contribution in [-0.4, -0.2) is 22.8 Å². The minimum absolute atomic E-state index is 0. The van der Waals surface area contributed by atoms with Crippen LogP contribution in [0.1, 0.15) is 11.1 Å². The van der Waals surface area contributed by atoms with Crippen LogP contribution in [0.2, 0.25) is 0 Å². The third-order valence-electron chi connectivity index (χ3n) is 2.57. The lowest BCUT2D eigenvalue weighted by molar-refractivity contribution is -0.913. The summed E-state index contributed by atoms with van der Waals surface area (Å²) >= 11 is 0. The van der Waals surface area contributed by atoms with Gasteiger partial charge in [0.2, 0.25) is 0 Å². The Hall–Kier alpha value is -1.30. The van der Waals surface area contributed by atoms with E-state index in [4.69, 9.17) is 10.4 Å². The Morgan fingerprint density at radius 1 is 0.762 bits per heavy atom. The van der Waals surface area contributed by atoms with Gasteiger partial charge in [-0.25, -0.2) is 0 Å². The summed E-state index contributed by atoms with van der Waals surface area (Å²) in [6.45, 7) is 0.660. The van der Waals surface area contributed by atoms with Crippen molar-refractivity contribution in [1.29, 1.82) is 0 Å². The van der Waals surface area contributed by atoms with Crippen molar-refractivity contribution in [1.82, 2.24) is 0 Å². The molecular formula is C13H14I2N4O2. The van der Waals surface area contributed by atoms with Crippen molar-refractivity contribution in [2.75, 3.05) is 0 Å². The first-order valence-corrected chi connectivity index (χ1v) is 5.65. The number of oxime groups is 2. The van der Waals surface area contributed by atoms with E-state index >= 15 is 0 Å². The van der Waals surface area contributed by atoms with E-state index in [0.29, 0.717) is 6.67 Å². The van der Waals surface area contributed by atoms with Crippen molar-refractivity contribution in [2.24, 2.45) is 10.3 Å². The predicted octanol–water partition coefficient (Wildman–Crippen LogP) is -5.61. The van der Waals surface area contributed by atoms with Crippen molar-refractivity contribution in [3.63, 3.8) is 0 Å². The third-order valence-corrected chi connectivity index (χ3v) is 2.57. The van der Waals surface area contributed by atoms with Crippen LogP contribution in [0.4, 0.5) is 0 Å². The average Bonchev–Trinajstić information content (AvgIpc) is 2.44. The largest absolute Gasteiger partial charge is 1.00 e. The van der Waals surface area contributed by atoms with E-state index in [1.807, 2.05) is 58.2 Å². The molecular weight excluding hydrogens is 498 g/mol. The molecule has 2 rings (SSSR count). The molecule has 0 amide bonds. The zero-order valence-corrected chi connectivity index (χ0v) is 15.2. The van der Waals surface area contributed by atoms with Gasteiger partial charge in [-0.15, -0.1) is 9.13 Å². The molecule has 2 aromatic heterocycles. The highest BCUT2D eigenvalue weighted by Crippen LogP contribution is 1.91. The molecule has 0 radical (unpaired) electrons. The first-order valence-electron chi connectivity index (χ1n) is 5.65. The summed E-state index contributed by atoms with van der Waals surface area (Å²) < 4.78 is 3.96. The van der Waals surface area contributed by atoms with Crippen LogP contribution >= 0.6 is 0 Å². The molecule has 0 unspecified atom stereocenters. The van der Waals surface area contributed by atoms with Gasteiger partial charge in [-0.3, -0.25) is 0 Å². The molecule has 0 aliphatic heterocycles. The summed E-state index contributed by atoms with van der Waals surface area (Å²) in [5.41, 5.74) is 1.66. The lowest BCUT2D eigenvalue weighted by Crippen LogP contribution is -3.00. The van der Waals surface area contributed by atoms with E-state index in [1.54, 1.807) is 0 Å². The van der Waals surface area contributed by atoms with Gasteiger partial charge < -0.3 is 58.4 Å². The van der Waals surface area contributed by atoms with Crippen LogP contribution in [0.25, 0.3) is 0 Å². The molecule has 0 atom stereocenters. The summed E-state index contributed by atoms with van der Waals surface area (Å²) in [6.07, 6.45) is 10.3. The smallest absolute Gasteiger partial charge is 0.343 e. The fourth-order valence-electron chi connectivity index (χ4n) is 1.62. The van der Waals surface area contributed by atoms with Gasteiger partial charge in [-0.1, -0.05) is 10.3 Å². The van der Waals surface area contributed by atoms with E-state index in [9.17, 15) is 0 Å². The Kier molecular flexibility index (Phi) is 9.78. The summed E-state index contributed by atoms with van der Waals surface area (Å²) in [4.78, 5) is 0. The highest BCUT2D eigenvalue weighted by Gasteiger charge is 2.07. The predicted molar refractivity (Wildman–Crippen MR) is 67.4 cm³/mol. The molecule has 0 aliphatic rings. The van der Waals surface area contributed by atoms with Crippen LogP contribution in [0.15, 0.2) is 59.4 Å². The second-order valence-electron chi connectivity index (χ2n) is 3.92. The van der Waals surface area contributed by atoms with E-state index in [1.165, 1.54) is 12.4 Å². The van der Waals surface area contributed by atoms with Gasteiger partial charge in [0.1, 0.15) is 0 Å². The number of hydrogen-bond acceptors (Lipinski definition) is 4. The van der Waals surface area contributed by atoms with Gasteiger partial charge in [0.25, 0.3) is 0 Å². The summed E-state index contributed by atoms with van der Waals surface area (Å²) in [6, 6.07) is 7.42. The van der Waals surface area contributed by atoms with E-state index in [0.717, 1.165) is 11.1 Å². The number of aromatic nitrogens is 2. The van der Waals surface area contributed by atoms with Crippen molar-refractivity contribution in [3.8, 4) is 0 Å². The zero-order chi connectivity index (χ0) is 13.5. The Labute approximate surface area is 156 Å². The lowest BCUT2D eigenvalue weighted by Gasteiger charge is -1.95. The van der Waals surface area contributed by atoms with Crippen LogP contribution in [0, 0.1) is 0 Å². The molecule has 0 aliphatic carbocycles. The van der Waals surface area contributed by atoms with Gasteiger partial charge in [-0.05, 0) is 0 Å². The second-order valence-corrected chi connectivity index (χ2v) is 3.92. The van der Waals surface area contributed by atoms with Crippen molar-refractivity contribution >= 4 is 12.4 Å². The highest BCUT2D eigenvalue weighted by molar-refractivity contribution is 5.78. The van der Waals surface area contributed by atoms with Crippen LogP contribution in [-0.2, 0) is 6.67 Å². The molecule has 112 valence electrons. The number of halogens is 2. The van der Waals surface area contributed by atoms with Gasteiger partial charge in [0.15, 0.2) is 24.8 Å². The number of hydrogen-bond donors (Lipinski definition) is 2. The summed E-state index contributed by atoms with van der Waals surface area (Å²) in [7, 11) is 0. The molecule has 0 spiro atoms. The minimum Gasteiger partial charge on any atom is -1.00 e. The Balaban J connectivity index is 0.00000200. The maximum Gasteiger partial charge on any atom is 0.343 e. The van der Waals surface area contributed by atoms with Crippen molar-refractivity contribution in [2.45, 2.75) is 6.67 Å². The SMILES string of the molecule is O/N=C/c1cc[n+](C[n+]2ccc(/C=N/O)cc2)cc1.[I-].[I-]. The van der Waals surface area contributed by atoms with Crippen LogP contribution in [0.3, 0.4) is 0 Å². The first kappa shape index (κ1) is 19.7. The van der Waals surface area contributed by atoms with Crippen LogP contribution in [0.5, 0.6) is 0 Å². The topological polar surface area (TPSA) is 72.9 Å². The Bertz CT molecular complexity index is 533. The molecule has 21 heavy (non-hydrogen) atoms. The zero-order valence-electron chi connectivity index (χ0n) is 10.9. The second kappa shape index (κ2) is 10.4. The molecule has 0 saturated carbocycles. The molecule has 0 saturated heterocycles. The van der Waals surface area contributed by atoms with Gasteiger partial charge >= 0.3 is 6.67 Å². The fourth-order valence-corrected chi connectivity index (χ4v) is 1.62. The maximum absolute atomic E-state index is 8.42. The van der Waals surface area contributed by atoms with Crippen molar-refractivity contribution in [3.05, 3.63) is 60.2 Å². The van der Waals surface area contributed by atoms with Gasteiger partial charge in [-0.2, -0.15) is 0 Å². The molecule has 2 aromatic rings. The lowest BCUT2D eigenvalue weighted by atomic mass is 10.3. The van der Waals surface area contributed by atoms with E-state index in [-0.39, 0.29) is 48.0 Å². The molecule has 0 fully saturated rings. The monoisotopic (exact) mass is 512 g/mol. The van der Waals surface area contributed by atoms with Gasteiger partial charge in [0, 0.05) is 35.4 Å². The van der Waals surface area contributed by atoms with E-state index < -0.39 is 0 Å². The maximum atomic E-state index is 8.42. The molecule has 8 heteroatoms. The standard InChI is InChI=1S/C13H12N4O2.2HI/c18-14-9-12-1-5-16(6-2-12)11-17-7-3-13(4-8-17)10-15-19;;/h1-10H,11H2;2*1H. The molecule has 2 heterocycles. The summed E-state index contributed by atoms with van der Waals surface area (Å²) in [5.74, 6) is 0. The molecule has 6 nitrogen and oxygen atoms in total. The number of rotatable bonds is 4. The average molecular weight is 512 g/mol. The Morgan fingerprint density at radius 3 is 1.38 bits per heavy atom. The summed E-state index contributed by atoms with van der Waals surface area (Å²) in [5, 5.41) is 22.8. The minimum atomic E-state index is 0. The third kappa shape index (κ3) is 6.33. The van der Waals surface area contributed by atoms with E-state index in [2.05, 4.69) is 10.3 Å². The highest BCUT2D eigenvalue weighted by atomic mass is 127. The molecule has 2 N–H and O–H groups in total. The van der Waals surface area contributed by atoms with Gasteiger partial charge in [0.05, 0.1) is 12.4 Å². The first-order chi connectivity index (χ1) is 9.31. The molecule has 0 bridgehead atoms.